The number of rotatable bonds is 5. The maximum atomic E-state index is 4.38. The molecule has 0 aromatic carbocycles. The predicted octanol–water partition coefficient (Wildman–Crippen LogP) is 3.92. The Labute approximate surface area is 129 Å². The van der Waals surface area contributed by atoms with Gasteiger partial charge in [0, 0.05) is 18.8 Å². The van der Waals surface area contributed by atoms with Crippen LogP contribution in [0.4, 0.5) is 0 Å². The van der Waals surface area contributed by atoms with Gasteiger partial charge in [0.15, 0.2) is 0 Å². The zero-order chi connectivity index (χ0) is 14.5. The minimum atomic E-state index is 0.763. The summed E-state index contributed by atoms with van der Waals surface area (Å²) in [5, 5.41) is 8.25. The third-order valence-electron chi connectivity index (χ3n) is 5.58. The SMILES string of the molecule is Cc1cnn(CCNC2CCCCC2C2CCCCC2)c1. The Morgan fingerprint density at radius 2 is 1.86 bits per heavy atom. The Bertz CT molecular complexity index is 420. The van der Waals surface area contributed by atoms with E-state index in [0.29, 0.717) is 0 Å². The van der Waals surface area contributed by atoms with E-state index in [1.807, 2.05) is 6.20 Å². The molecule has 0 aliphatic heterocycles. The van der Waals surface area contributed by atoms with E-state index in [0.717, 1.165) is 31.0 Å². The van der Waals surface area contributed by atoms with E-state index in [1.54, 1.807) is 0 Å². The van der Waals surface area contributed by atoms with Crippen LogP contribution in [0.5, 0.6) is 0 Å². The molecule has 2 unspecified atom stereocenters. The van der Waals surface area contributed by atoms with Crippen LogP contribution < -0.4 is 5.32 Å². The molecule has 3 nitrogen and oxygen atoms in total. The van der Waals surface area contributed by atoms with Crippen LogP contribution in [0.15, 0.2) is 12.4 Å². The first-order valence-electron chi connectivity index (χ1n) is 9.05. The molecule has 2 atom stereocenters. The van der Waals surface area contributed by atoms with Gasteiger partial charge in [0.1, 0.15) is 0 Å². The first kappa shape index (κ1) is 15.1. The average Bonchev–Trinajstić information content (AvgIpc) is 2.94. The Hall–Kier alpha value is -0.830. The first-order chi connectivity index (χ1) is 10.3. The summed E-state index contributed by atoms with van der Waals surface area (Å²) >= 11 is 0. The van der Waals surface area contributed by atoms with Crippen molar-refractivity contribution in [3.05, 3.63) is 18.0 Å². The molecule has 1 N–H and O–H groups in total. The summed E-state index contributed by atoms with van der Waals surface area (Å²) in [5.74, 6) is 1.95. The smallest absolute Gasteiger partial charge is 0.0534 e. The second kappa shape index (κ2) is 7.44. The van der Waals surface area contributed by atoms with Crippen molar-refractivity contribution in [1.29, 1.82) is 0 Å². The quantitative estimate of drug-likeness (QED) is 0.890. The summed E-state index contributed by atoms with van der Waals surface area (Å²) in [6.07, 6.45) is 17.2. The number of hydrogen-bond acceptors (Lipinski definition) is 2. The molecule has 118 valence electrons. The van der Waals surface area contributed by atoms with Gasteiger partial charge in [0.2, 0.25) is 0 Å². The first-order valence-corrected chi connectivity index (χ1v) is 9.05. The highest BCUT2D eigenvalue weighted by Crippen LogP contribution is 2.38. The van der Waals surface area contributed by atoms with Gasteiger partial charge in [-0.1, -0.05) is 44.9 Å². The molecule has 2 aliphatic rings. The normalized spacial score (nSPS) is 27.9. The molecule has 0 bridgehead atoms. The molecule has 0 spiro atoms. The van der Waals surface area contributed by atoms with Crippen LogP contribution in [0.3, 0.4) is 0 Å². The van der Waals surface area contributed by atoms with Gasteiger partial charge >= 0.3 is 0 Å². The molecular weight excluding hydrogens is 258 g/mol. The Morgan fingerprint density at radius 3 is 2.62 bits per heavy atom. The summed E-state index contributed by atoms with van der Waals surface area (Å²) in [4.78, 5) is 0. The minimum absolute atomic E-state index is 0.763. The number of aromatic nitrogens is 2. The lowest BCUT2D eigenvalue weighted by atomic mass is 9.71. The monoisotopic (exact) mass is 289 g/mol. The van der Waals surface area contributed by atoms with Crippen molar-refractivity contribution in [3.8, 4) is 0 Å². The molecule has 3 rings (SSSR count). The second-order valence-corrected chi connectivity index (χ2v) is 7.19. The van der Waals surface area contributed by atoms with E-state index in [9.17, 15) is 0 Å². The number of aryl methyl sites for hydroxylation is 1. The lowest BCUT2D eigenvalue weighted by Gasteiger charge is -2.39. The third-order valence-corrected chi connectivity index (χ3v) is 5.58. The van der Waals surface area contributed by atoms with Crippen LogP contribution >= 0.6 is 0 Å². The summed E-state index contributed by atoms with van der Waals surface area (Å²) in [7, 11) is 0. The minimum Gasteiger partial charge on any atom is -0.312 e. The van der Waals surface area contributed by atoms with Crippen LogP contribution in [0.25, 0.3) is 0 Å². The van der Waals surface area contributed by atoms with Gasteiger partial charge in [-0.3, -0.25) is 4.68 Å². The lowest BCUT2D eigenvalue weighted by Crippen LogP contribution is -2.43. The van der Waals surface area contributed by atoms with Crippen LogP contribution in [-0.2, 0) is 6.54 Å². The molecule has 1 aromatic rings. The molecular formula is C18H31N3. The lowest BCUT2D eigenvalue weighted by molar-refractivity contribution is 0.149. The molecule has 3 heteroatoms. The molecule has 21 heavy (non-hydrogen) atoms. The van der Waals surface area contributed by atoms with Crippen LogP contribution in [0, 0.1) is 18.8 Å². The summed E-state index contributed by atoms with van der Waals surface area (Å²) in [5.41, 5.74) is 1.26. The van der Waals surface area contributed by atoms with E-state index in [2.05, 4.69) is 28.2 Å². The Morgan fingerprint density at radius 1 is 1.10 bits per heavy atom. The van der Waals surface area contributed by atoms with Gasteiger partial charge in [0.25, 0.3) is 0 Å². The van der Waals surface area contributed by atoms with Crippen molar-refractivity contribution < 1.29 is 0 Å². The van der Waals surface area contributed by atoms with E-state index in [-0.39, 0.29) is 0 Å². The fourth-order valence-corrected chi connectivity index (χ4v) is 4.49. The van der Waals surface area contributed by atoms with Crippen molar-refractivity contribution in [2.24, 2.45) is 11.8 Å². The summed E-state index contributed by atoms with van der Waals surface area (Å²) in [6, 6.07) is 0.763. The number of nitrogens with one attached hydrogen (secondary N) is 1. The topological polar surface area (TPSA) is 29.9 Å². The van der Waals surface area contributed by atoms with E-state index >= 15 is 0 Å². The summed E-state index contributed by atoms with van der Waals surface area (Å²) < 4.78 is 2.07. The Balaban J connectivity index is 1.49. The van der Waals surface area contributed by atoms with Crippen molar-refractivity contribution in [3.63, 3.8) is 0 Å². The van der Waals surface area contributed by atoms with E-state index < -0.39 is 0 Å². The standard InChI is InChI=1S/C18H31N3/c1-15-13-20-21(14-15)12-11-19-18-10-6-5-9-17(18)16-7-3-2-4-8-16/h13-14,16-19H,2-12H2,1H3. The van der Waals surface area contributed by atoms with Crippen LogP contribution in [0.2, 0.25) is 0 Å². The predicted molar refractivity (Wildman–Crippen MR) is 87.3 cm³/mol. The molecule has 0 amide bonds. The van der Waals surface area contributed by atoms with Gasteiger partial charge in [-0.15, -0.1) is 0 Å². The van der Waals surface area contributed by atoms with Gasteiger partial charge in [-0.05, 0) is 37.2 Å². The maximum Gasteiger partial charge on any atom is 0.0534 e. The largest absolute Gasteiger partial charge is 0.312 e. The van der Waals surface area contributed by atoms with E-state index in [4.69, 9.17) is 0 Å². The van der Waals surface area contributed by atoms with Crippen molar-refractivity contribution in [2.45, 2.75) is 77.3 Å². The molecule has 0 radical (unpaired) electrons. The summed E-state index contributed by atoms with van der Waals surface area (Å²) in [6.45, 7) is 4.17. The van der Waals surface area contributed by atoms with Gasteiger partial charge in [0.05, 0.1) is 12.7 Å². The van der Waals surface area contributed by atoms with Gasteiger partial charge in [-0.2, -0.15) is 5.10 Å². The highest BCUT2D eigenvalue weighted by molar-refractivity contribution is 4.99. The maximum absolute atomic E-state index is 4.38. The van der Waals surface area contributed by atoms with Crippen molar-refractivity contribution >= 4 is 0 Å². The fourth-order valence-electron chi connectivity index (χ4n) is 4.49. The van der Waals surface area contributed by atoms with Crippen molar-refractivity contribution in [1.82, 2.24) is 15.1 Å². The molecule has 2 saturated carbocycles. The molecule has 0 saturated heterocycles. The van der Waals surface area contributed by atoms with Crippen LogP contribution in [0.1, 0.15) is 63.4 Å². The van der Waals surface area contributed by atoms with Crippen molar-refractivity contribution in [2.75, 3.05) is 6.54 Å². The van der Waals surface area contributed by atoms with Crippen LogP contribution in [-0.4, -0.2) is 22.4 Å². The molecule has 1 heterocycles. The Kier molecular flexibility index (Phi) is 5.34. The third kappa shape index (κ3) is 4.09. The highest BCUT2D eigenvalue weighted by Gasteiger charge is 2.31. The molecule has 2 fully saturated rings. The number of hydrogen-bond donors (Lipinski definition) is 1. The average molecular weight is 289 g/mol. The van der Waals surface area contributed by atoms with Gasteiger partial charge < -0.3 is 5.32 Å². The van der Waals surface area contributed by atoms with Gasteiger partial charge in [-0.25, -0.2) is 0 Å². The molecule has 2 aliphatic carbocycles. The fraction of sp³-hybridized carbons (Fsp3) is 0.833. The molecule has 1 aromatic heterocycles. The van der Waals surface area contributed by atoms with E-state index in [1.165, 1.54) is 63.4 Å². The zero-order valence-corrected chi connectivity index (χ0v) is 13.6. The zero-order valence-electron chi connectivity index (χ0n) is 13.6. The highest BCUT2D eigenvalue weighted by atomic mass is 15.3. The number of nitrogens with zero attached hydrogens (tertiary/aromatic N) is 2. The second-order valence-electron chi connectivity index (χ2n) is 7.19.